The summed E-state index contributed by atoms with van der Waals surface area (Å²) in [6.07, 6.45) is 1.65. The van der Waals surface area contributed by atoms with Crippen LogP contribution in [0.3, 0.4) is 0 Å². The lowest BCUT2D eigenvalue weighted by Gasteiger charge is -2.34. The first kappa shape index (κ1) is 18.3. The van der Waals surface area contributed by atoms with Crippen molar-refractivity contribution in [2.75, 3.05) is 37.6 Å². The molecule has 1 aromatic carbocycles. The van der Waals surface area contributed by atoms with E-state index in [4.69, 9.17) is 0 Å². The van der Waals surface area contributed by atoms with E-state index >= 15 is 0 Å². The minimum absolute atomic E-state index is 0.134. The maximum Gasteiger partial charge on any atom is 0.254 e. The molecule has 3 rings (SSSR count). The minimum atomic E-state index is -0.134. The second-order valence-corrected chi connectivity index (χ2v) is 6.76. The van der Waals surface area contributed by atoms with E-state index in [9.17, 15) is 4.79 Å². The summed E-state index contributed by atoms with van der Waals surface area (Å²) in [4.78, 5) is 26.1. The van der Waals surface area contributed by atoms with E-state index < -0.39 is 0 Å². The van der Waals surface area contributed by atoms with Gasteiger partial charge in [0.05, 0.1) is 11.3 Å². The molecule has 138 valence electrons. The number of aryl methyl sites for hydroxylation is 2. The molecule has 1 aliphatic rings. The van der Waals surface area contributed by atoms with E-state index in [1.165, 1.54) is 5.56 Å². The molecule has 0 spiro atoms. The van der Waals surface area contributed by atoms with Crippen LogP contribution in [0.2, 0.25) is 0 Å². The molecule has 26 heavy (non-hydrogen) atoms. The highest BCUT2D eigenvalue weighted by atomic mass is 16.1. The van der Waals surface area contributed by atoms with Gasteiger partial charge in [-0.15, -0.1) is 0 Å². The van der Waals surface area contributed by atoms with Gasteiger partial charge in [0.15, 0.2) is 0 Å². The number of benzene rings is 1. The first-order valence-electron chi connectivity index (χ1n) is 9.21. The maximum atomic E-state index is 12.5. The van der Waals surface area contributed by atoms with E-state index in [0.717, 1.165) is 38.3 Å². The third-order valence-electron chi connectivity index (χ3n) is 4.89. The Bertz CT molecular complexity index is 751. The van der Waals surface area contributed by atoms with Gasteiger partial charge < -0.3 is 15.1 Å². The number of nitrogens with one attached hydrogen (secondary N) is 1. The molecule has 0 unspecified atom stereocenters. The summed E-state index contributed by atoms with van der Waals surface area (Å²) in [5.41, 5.74) is 3.54. The molecule has 0 atom stereocenters. The second-order valence-electron chi connectivity index (χ2n) is 6.76. The van der Waals surface area contributed by atoms with Gasteiger partial charge in [0, 0.05) is 38.9 Å². The molecule has 1 amide bonds. The van der Waals surface area contributed by atoms with Gasteiger partial charge >= 0.3 is 0 Å². The fourth-order valence-electron chi connectivity index (χ4n) is 3.08. The van der Waals surface area contributed by atoms with Crippen molar-refractivity contribution in [2.45, 2.75) is 27.3 Å². The smallest absolute Gasteiger partial charge is 0.254 e. The first-order valence-corrected chi connectivity index (χ1v) is 9.21. The van der Waals surface area contributed by atoms with Gasteiger partial charge in [0.2, 0.25) is 5.95 Å². The largest absolute Gasteiger partial charge is 0.348 e. The van der Waals surface area contributed by atoms with Crippen molar-refractivity contribution >= 4 is 11.9 Å². The average Bonchev–Trinajstić information content (AvgIpc) is 2.67. The summed E-state index contributed by atoms with van der Waals surface area (Å²) in [5.74, 6) is 0.582. The topological polar surface area (TPSA) is 61.4 Å². The van der Waals surface area contributed by atoms with Crippen LogP contribution in [0.4, 0.5) is 5.95 Å². The molecule has 6 heteroatoms. The number of hydrogen-bond acceptors (Lipinski definition) is 5. The lowest BCUT2D eigenvalue weighted by atomic mass is 10.1. The van der Waals surface area contributed by atoms with Crippen LogP contribution in [0.5, 0.6) is 0 Å². The number of piperazine rings is 1. The highest BCUT2D eigenvalue weighted by molar-refractivity contribution is 5.94. The van der Waals surface area contributed by atoms with Gasteiger partial charge in [-0.25, -0.2) is 9.97 Å². The van der Waals surface area contributed by atoms with Crippen molar-refractivity contribution in [1.82, 2.24) is 20.2 Å². The van der Waals surface area contributed by atoms with Gasteiger partial charge in [0.1, 0.15) is 0 Å². The molecule has 0 bridgehead atoms. The Hall–Kier alpha value is -2.47. The average molecular weight is 353 g/mol. The van der Waals surface area contributed by atoms with Gasteiger partial charge in [0.25, 0.3) is 5.91 Å². The molecule has 2 heterocycles. The van der Waals surface area contributed by atoms with Crippen LogP contribution in [0.25, 0.3) is 0 Å². The van der Waals surface area contributed by atoms with E-state index in [0.29, 0.717) is 23.8 Å². The van der Waals surface area contributed by atoms with Gasteiger partial charge in [-0.1, -0.05) is 36.8 Å². The Morgan fingerprint density at radius 1 is 1.12 bits per heavy atom. The molecule has 1 N–H and O–H groups in total. The van der Waals surface area contributed by atoms with Crippen LogP contribution < -0.4 is 10.2 Å². The highest BCUT2D eigenvalue weighted by Gasteiger charge is 2.19. The molecule has 2 aromatic rings. The Kier molecular flexibility index (Phi) is 5.83. The fourth-order valence-corrected chi connectivity index (χ4v) is 3.08. The second kappa shape index (κ2) is 8.27. The Balaban J connectivity index is 1.61. The molecular weight excluding hydrogens is 326 g/mol. The SMILES string of the molecule is CCN1CCN(c2ncc(C(=O)NCc3ccc(C)cc3)c(C)n2)CC1. The van der Waals surface area contributed by atoms with E-state index in [1.807, 2.05) is 38.1 Å². The van der Waals surface area contributed by atoms with Gasteiger partial charge in [-0.05, 0) is 26.0 Å². The summed E-state index contributed by atoms with van der Waals surface area (Å²) < 4.78 is 0. The van der Waals surface area contributed by atoms with Crippen LogP contribution in [0.1, 0.15) is 34.1 Å². The fraction of sp³-hybridized carbons (Fsp3) is 0.450. The number of aromatic nitrogens is 2. The van der Waals surface area contributed by atoms with Crippen LogP contribution >= 0.6 is 0 Å². The number of anilines is 1. The number of hydrogen-bond donors (Lipinski definition) is 1. The Morgan fingerprint density at radius 2 is 1.81 bits per heavy atom. The monoisotopic (exact) mass is 353 g/mol. The van der Waals surface area contributed by atoms with Gasteiger partial charge in [-0.3, -0.25) is 4.79 Å². The third kappa shape index (κ3) is 4.38. The van der Waals surface area contributed by atoms with E-state index in [2.05, 4.69) is 32.0 Å². The molecule has 1 aromatic heterocycles. The molecule has 1 aliphatic heterocycles. The zero-order valence-electron chi connectivity index (χ0n) is 15.8. The molecule has 6 nitrogen and oxygen atoms in total. The number of amides is 1. The number of nitrogens with zero attached hydrogens (tertiary/aromatic N) is 4. The van der Waals surface area contributed by atoms with Crippen molar-refractivity contribution < 1.29 is 4.79 Å². The van der Waals surface area contributed by atoms with Crippen molar-refractivity contribution in [1.29, 1.82) is 0 Å². The van der Waals surface area contributed by atoms with Crippen LogP contribution in [0, 0.1) is 13.8 Å². The van der Waals surface area contributed by atoms with E-state index in [-0.39, 0.29) is 5.91 Å². The lowest BCUT2D eigenvalue weighted by molar-refractivity contribution is 0.0949. The quantitative estimate of drug-likeness (QED) is 0.893. The van der Waals surface area contributed by atoms with Crippen molar-refractivity contribution in [3.63, 3.8) is 0 Å². The summed E-state index contributed by atoms with van der Waals surface area (Å²) in [6, 6.07) is 8.14. The number of likely N-dealkylation sites (N-methyl/N-ethyl adjacent to an activating group) is 1. The van der Waals surface area contributed by atoms with Crippen LogP contribution in [-0.2, 0) is 6.54 Å². The van der Waals surface area contributed by atoms with Crippen LogP contribution in [0.15, 0.2) is 30.5 Å². The summed E-state index contributed by atoms with van der Waals surface area (Å²) in [7, 11) is 0. The van der Waals surface area contributed by atoms with Crippen molar-refractivity contribution in [2.24, 2.45) is 0 Å². The van der Waals surface area contributed by atoms with E-state index in [1.54, 1.807) is 6.20 Å². The van der Waals surface area contributed by atoms with Crippen LogP contribution in [-0.4, -0.2) is 53.5 Å². The third-order valence-corrected chi connectivity index (χ3v) is 4.89. The van der Waals surface area contributed by atoms with Crippen molar-refractivity contribution in [3.05, 3.63) is 52.8 Å². The first-order chi connectivity index (χ1) is 12.6. The number of carbonyl (C=O) groups excluding carboxylic acids is 1. The highest BCUT2D eigenvalue weighted by Crippen LogP contribution is 2.14. The molecule has 1 saturated heterocycles. The normalized spacial score (nSPS) is 15.1. The standard InChI is InChI=1S/C20H27N5O/c1-4-24-9-11-25(12-10-24)20-22-14-18(16(3)23-20)19(26)21-13-17-7-5-15(2)6-8-17/h5-8,14H,4,9-13H2,1-3H3,(H,21,26). The summed E-state index contributed by atoms with van der Waals surface area (Å²) >= 11 is 0. The Labute approximate surface area is 155 Å². The number of rotatable bonds is 5. The molecule has 0 saturated carbocycles. The minimum Gasteiger partial charge on any atom is -0.348 e. The molecule has 0 radical (unpaired) electrons. The predicted octanol–water partition coefficient (Wildman–Crippen LogP) is 2.17. The summed E-state index contributed by atoms with van der Waals surface area (Å²) in [6.45, 7) is 11.6. The molecule has 0 aliphatic carbocycles. The predicted molar refractivity (Wildman–Crippen MR) is 103 cm³/mol. The molecular formula is C20H27N5O. The molecule has 1 fully saturated rings. The van der Waals surface area contributed by atoms with Gasteiger partial charge in [-0.2, -0.15) is 0 Å². The zero-order valence-corrected chi connectivity index (χ0v) is 15.8. The lowest BCUT2D eigenvalue weighted by Crippen LogP contribution is -2.46. The Morgan fingerprint density at radius 3 is 2.42 bits per heavy atom. The van der Waals surface area contributed by atoms with Crippen molar-refractivity contribution in [3.8, 4) is 0 Å². The maximum absolute atomic E-state index is 12.5. The summed E-state index contributed by atoms with van der Waals surface area (Å²) in [5, 5.41) is 2.95. The zero-order chi connectivity index (χ0) is 18.5. The number of carbonyl (C=O) groups is 1.